The number of piperidine rings is 1. The molecule has 14 heavy (non-hydrogen) atoms. The topological polar surface area (TPSA) is 32.3 Å². The van der Waals surface area contributed by atoms with Gasteiger partial charge in [0.15, 0.2) is 0 Å². The van der Waals surface area contributed by atoms with Crippen LogP contribution in [0.15, 0.2) is 29.8 Å². The van der Waals surface area contributed by atoms with Gasteiger partial charge in [0, 0.05) is 6.54 Å². The van der Waals surface area contributed by atoms with Crippen molar-refractivity contribution in [1.82, 2.24) is 5.32 Å². The molecule has 2 nitrogen and oxygen atoms in total. The van der Waals surface area contributed by atoms with Gasteiger partial charge in [-0.05, 0) is 37.1 Å². The highest BCUT2D eigenvalue weighted by Gasteiger charge is 2.03. The summed E-state index contributed by atoms with van der Waals surface area (Å²) in [6, 6.07) is 7.38. The van der Waals surface area contributed by atoms with Crippen LogP contribution in [-0.4, -0.2) is 18.2 Å². The van der Waals surface area contributed by atoms with E-state index in [1.165, 1.54) is 18.4 Å². The number of phenols is 1. The Kier molecular flexibility index (Phi) is 2.84. The van der Waals surface area contributed by atoms with Gasteiger partial charge in [0.1, 0.15) is 5.75 Å². The highest BCUT2D eigenvalue weighted by Crippen LogP contribution is 2.17. The fourth-order valence-corrected chi connectivity index (χ4v) is 1.75. The molecule has 1 heterocycles. The second kappa shape index (κ2) is 4.29. The number of rotatable bonds is 1. The summed E-state index contributed by atoms with van der Waals surface area (Å²) in [4.78, 5) is 0. The fraction of sp³-hybridized carbons (Fsp3) is 0.333. The monoisotopic (exact) mass is 189 g/mol. The fourth-order valence-electron chi connectivity index (χ4n) is 1.75. The number of aromatic hydroxyl groups is 1. The summed E-state index contributed by atoms with van der Waals surface area (Å²) in [6.07, 6.45) is 4.54. The lowest BCUT2D eigenvalue weighted by Gasteiger charge is -2.15. The molecule has 1 fully saturated rings. The molecule has 0 radical (unpaired) electrons. The summed E-state index contributed by atoms with van der Waals surface area (Å²) in [5.41, 5.74) is 2.51. The highest BCUT2D eigenvalue weighted by molar-refractivity contribution is 5.55. The molecule has 0 amide bonds. The minimum atomic E-state index is 0.336. The Balaban J connectivity index is 2.15. The lowest BCUT2D eigenvalue weighted by Crippen LogP contribution is -2.23. The normalized spacial score (nSPS) is 19.9. The van der Waals surface area contributed by atoms with Crippen molar-refractivity contribution in [1.29, 1.82) is 0 Å². The first kappa shape index (κ1) is 9.28. The van der Waals surface area contributed by atoms with Gasteiger partial charge >= 0.3 is 0 Å². The van der Waals surface area contributed by atoms with E-state index >= 15 is 0 Å². The van der Waals surface area contributed by atoms with Crippen molar-refractivity contribution in [2.45, 2.75) is 12.8 Å². The van der Waals surface area contributed by atoms with Gasteiger partial charge in [0.2, 0.25) is 0 Å². The van der Waals surface area contributed by atoms with E-state index in [1.807, 2.05) is 12.1 Å². The van der Waals surface area contributed by atoms with E-state index in [2.05, 4.69) is 11.4 Å². The maximum atomic E-state index is 9.30. The molecule has 2 N–H and O–H groups in total. The van der Waals surface area contributed by atoms with E-state index in [-0.39, 0.29) is 0 Å². The number of benzene rings is 1. The van der Waals surface area contributed by atoms with Gasteiger partial charge in [-0.25, -0.2) is 0 Å². The molecular formula is C12H15NO. The zero-order valence-corrected chi connectivity index (χ0v) is 8.16. The van der Waals surface area contributed by atoms with Crippen LogP contribution in [0.2, 0.25) is 0 Å². The van der Waals surface area contributed by atoms with Gasteiger partial charge in [-0.3, -0.25) is 0 Å². The Bertz CT molecular complexity index is 336. The van der Waals surface area contributed by atoms with Crippen LogP contribution in [-0.2, 0) is 0 Å². The maximum absolute atomic E-state index is 9.30. The van der Waals surface area contributed by atoms with Gasteiger partial charge in [-0.1, -0.05) is 23.8 Å². The maximum Gasteiger partial charge on any atom is 0.116 e. The van der Waals surface area contributed by atoms with Crippen molar-refractivity contribution < 1.29 is 5.11 Å². The molecule has 1 saturated heterocycles. The summed E-state index contributed by atoms with van der Waals surface area (Å²) in [5.74, 6) is 0.336. The van der Waals surface area contributed by atoms with Crippen molar-refractivity contribution in [3.8, 4) is 5.75 Å². The molecule has 0 bridgehead atoms. The predicted octanol–water partition coefficient (Wildman–Crippen LogP) is 2.16. The first-order valence-corrected chi connectivity index (χ1v) is 5.04. The van der Waals surface area contributed by atoms with Crippen LogP contribution < -0.4 is 5.32 Å². The average Bonchev–Trinajstić information content (AvgIpc) is 2.19. The van der Waals surface area contributed by atoms with Crippen LogP contribution in [0.5, 0.6) is 5.75 Å². The van der Waals surface area contributed by atoms with Crippen LogP contribution in [0.4, 0.5) is 0 Å². The molecule has 0 unspecified atom stereocenters. The van der Waals surface area contributed by atoms with Gasteiger partial charge in [-0.15, -0.1) is 0 Å². The van der Waals surface area contributed by atoms with Crippen LogP contribution in [0.25, 0.3) is 6.08 Å². The lowest BCUT2D eigenvalue weighted by molar-refractivity contribution is 0.475. The highest BCUT2D eigenvalue weighted by atomic mass is 16.3. The Morgan fingerprint density at radius 3 is 3.00 bits per heavy atom. The summed E-state index contributed by atoms with van der Waals surface area (Å²) >= 11 is 0. The Labute approximate surface area is 84.3 Å². The minimum Gasteiger partial charge on any atom is -0.508 e. The first-order chi connectivity index (χ1) is 6.84. The number of hydrogen-bond donors (Lipinski definition) is 2. The number of nitrogens with one attached hydrogen (secondary N) is 1. The van der Waals surface area contributed by atoms with Crippen molar-refractivity contribution in [3.63, 3.8) is 0 Å². The van der Waals surface area contributed by atoms with Crippen molar-refractivity contribution in [2.75, 3.05) is 13.1 Å². The molecule has 1 aromatic rings. The molecule has 2 rings (SSSR count). The van der Waals surface area contributed by atoms with Crippen LogP contribution in [0, 0.1) is 0 Å². The number of phenolic OH excluding ortho intramolecular Hbond substituents is 1. The summed E-state index contributed by atoms with van der Waals surface area (Å²) < 4.78 is 0. The molecule has 1 aromatic carbocycles. The number of hydrogen-bond acceptors (Lipinski definition) is 2. The average molecular weight is 189 g/mol. The molecule has 74 valence electrons. The predicted molar refractivity (Wildman–Crippen MR) is 58.2 cm³/mol. The zero-order chi connectivity index (χ0) is 9.80. The second-order valence-corrected chi connectivity index (χ2v) is 3.68. The van der Waals surface area contributed by atoms with Crippen LogP contribution in [0.3, 0.4) is 0 Å². The van der Waals surface area contributed by atoms with E-state index in [1.54, 1.807) is 12.1 Å². The third-order valence-electron chi connectivity index (χ3n) is 2.44. The van der Waals surface area contributed by atoms with Crippen LogP contribution >= 0.6 is 0 Å². The van der Waals surface area contributed by atoms with Gasteiger partial charge in [-0.2, -0.15) is 0 Å². The molecule has 0 atom stereocenters. The molecule has 2 heteroatoms. The lowest BCUT2D eigenvalue weighted by atomic mass is 10.0. The van der Waals surface area contributed by atoms with Gasteiger partial charge in [0.25, 0.3) is 0 Å². The molecular weight excluding hydrogens is 174 g/mol. The molecule has 1 aliphatic rings. The van der Waals surface area contributed by atoms with Crippen LogP contribution in [0.1, 0.15) is 18.4 Å². The third-order valence-corrected chi connectivity index (χ3v) is 2.44. The summed E-state index contributed by atoms with van der Waals surface area (Å²) in [6.45, 7) is 2.10. The minimum absolute atomic E-state index is 0.336. The smallest absolute Gasteiger partial charge is 0.116 e. The Hall–Kier alpha value is -1.28. The third kappa shape index (κ3) is 2.36. The summed E-state index contributed by atoms with van der Waals surface area (Å²) in [7, 11) is 0. The Morgan fingerprint density at radius 2 is 2.29 bits per heavy atom. The zero-order valence-electron chi connectivity index (χ0n) is 8.16. The quantitative estimate of drug-likeness (QED) is 0.709. The van der Waals surface area contributed by atoms with E-state index in [0.29, 0.717) is 5.75 Å². The van der Waals surface area contributed by atoms with E-state index in [0.717, 1.165) is 18.7 Å². The van der Waals surface area contributed by atoms with E-state index in [4.69, 9.17) is 0 Å². The van der Waals surface area contributed by atoms with Crippen molar-refractivity contribution in [3.05, 3.63) is 35.4 Å². The molecule has 0 saturated carbocycles. The molecule has 0 spiro atoms. The Morgan fingerprint density at radius 1 is 1.36 bits per heavy atom. The SMILES string of the molecule is Oc1cccc(C=C2CCCNC2)c1. The first-order valence-electron chi connectivity index (χ1n) is 5.04. The standard InChI is InChI=1S/C12H15NO/c14-12-5-1-3-10(8-12)7-11-4-2-6-13-9-11/h1,3,5,7-8,13-14H,2,4,6,9H2. The summed E-state index contributed by atoms with van der Waals surface area (Å²) in [5, 5.41) is 12.6. The van der Waals surface area contributed by atoms with Crippen molar-refractivity contribution >= 4 is 6.08 Å². The molecule has 1 aliphatic heterocycles. The van der Waals surface area contributed by atoms with Gasteiger partial charge in [0.05, 0.1) is 0 Å². The van der Waals surface area contributed by atoms with Crippen molar-refractivity contribution in [2.24, 2.45) is 0 Å². The second-order valence-electron chi connectivity index (χ2n) is 3.68. The van der Waals surface area contributed by atoms with E-state index in [9.17, 15) is 5.11 Å². The largest absolute Gasteiger partial charge is 0.508 e. The van der Waals surface area contributed by atoms with E-state index < -0.39 is 0 Å². The van der Waals surface area contributed by atoms with Gasteiger partial charge < -0.3 is 10.4 Å². The molecule has 0 aliphatic carbocycles. The molecule has 0 aromatic heterocycles.